The number of aromatic nitrogens is 2. The number of ketones is 1. The van der Waals surface area contributed by atoms with Crippen LogP contribution in [0.3, 0.4) is 0 Å². The van der Waals surface area contributed by atoms with Gasteiger partial charge in [0.25, 0.3) is 5.56 Å². The van der Waals surface area contributed by atoms with Gasteiger partial charge in [0.1, 0.15) is 54.1 Å². The predicted octanol–water partition coefficient (Wildman–Crippen LogP) is 6.58. The van der Waals surface area contributed by atoms with E-state index in [1.54, 1.807) is 58.7 Å². The van der Waals surface area contributed by atoms with E-state index in [-0.39, 0.29) is 96.8 Å². The number of fused-ring (bicyclic) bond motifs is 5. The Morgan fingerprint density at radius 1 is 0.844 bits per heavy atom. The summed E-state index contributed by atoms with van der Waals surface area (Å²) in [5.41, 5.74) is 2.48. The molecule has 0 radical (unpaired) electrons. The maximum Gasteiger partial charge on any atom is 0.513 e. The summed E-state index contributed by atoms with van der Waals surface area (Å²) in [6.45, 7) is 5.43. The fourth-order valence-corrected chi connectivity index (χ4v) is 9.33. The number of carbonyl (C=O) groups is 3. The molecule has 4 heterocycles. The number of phenolic OH excluding ortho intramolecular Hbond substituents is 3. The fourth-order valence-electron chi connectivity index (χ4n) is 7.65. The molecular formula is C46H48N2O14S2. The monoisotopic (exact) mass is 916 g/mol. The SMILES string of the molecule is CCc1c2c(nc3ccc(OC(=O)OCCSSCCOCCOCCOc4cc(O)c(C(=O)CCc5ccc(O)cc5)c(O)c4)cc13)-c1cc3c(c(=O)n1C2)COC(=O)[C@]3(O)CC. The standard InChI is InChI=1S/C46H48N2O14S2/c1-3-31-32-21-29(10-11-36(32)47-42-33(31)25-48-37(42)24-35-34(43(48)53)26-61-44(54)46(35,56)4-2)62-45(55)60-18-20-64-63-19-17-58-14-13-57-15-16-59-30-22-39(51)41(40(52)23-30)38(50)12-7-27-5-8-28(49)9-6-27/h5-6,8-11,21-24,49,51-52,56H,3-4,7,12-20,25-26H2,1-2H3/t46-/m0/s1. The molecular weight excluding hydrogens is 869 g/mol. The molecule has 0 aliphatic carbocycles. The summed E-state index contributed by atoms with van der Waals surface area (Å²) in [7, 11) is 3.10. The molecule has 4 N–H and O–H groups in total. The van der Waals surface area contributed by atoms with Crippen LogP contribution >= 0.6 is 21.6 Å². The highest BCUT2D eigenvalue weighted by Gasteiger charge is 2.45. The van der Waals surface area contributed by atoms with Crippen molar-refractivity contribution in [2.45, 2.75) is 58.3 Å². The summed E-state index contributed by atoms with van der Waals surface area (Å²) >= 11 is 0. The van der Waals surface area contributed by atoms with Crippen LogP contribution in [0.2, 0.25) is 0 Å². The van der Waals surface area contributed by atoms with Crippen molar-refractivity contribution in [3.8, 4) is 40.1 Å². The maximum atomic E-state index is 13.6. The van der Waals surface area contributed by atoms with Gasteiger partial charge in [-0.1, -0.05) is 47.6 Å². The minimum absolute atomic E-state index is 0.0543. The first-order chi connectivity index (χ1) is 30.9. The Labute approximate surface area is 375 Å². The van der Waals surface area contributed by atoms with Gasteiger partial charge < -0.3 is 53.4 Å². The lowest BCUT2D eigenvalue weighted by molar-refractivity contribution is -0.172. The molecule has 0 spiro atoms. The molecule has 1 atom stereocenters. The van der Waals surface area contributed by atoms with Crippen LogP contribution in [0.15, 0.2) is 65.5 Å². The van der Waals surface area contributed by atoms with Gasteiger partial charge in [0.05, 0.1) is 55.4 Å². The molecule has 16 nitrogen and oxygen atoms in total. The van der Waals surface area contributed by atoms with E-state index in [1.165, 1.54) is 35.1 Å². The third-order valence-electron chi connectivity index (χ3n) is 10.9. The van der Waals surface area contributed by atoms with Crippen molar-refractivity contribution in [3.63, 3.8) is 0 Å². The highest BCUT2D eigenvalue weighted by Crippen LogP contribution is 2.41. The quantitative estimate of drug-likeness (QED) is 0.0197. The number of ether oxygens (including phenoxy) is 6. The summed E-state index contributed by atoms with van der Waals surface area (Å²) < 4.78 is 34.3. The van der Waals surface area contributed by atoms with Gasteiger partial charge in [0.15, 0.2) is 11.4 Å². The molecule has 2 aliphatic rings. The van der Waals surface area contributed by atoms with Crippen molar-refractivity contribution in [3.05, 3.63) is 104 Å². The number of hydrogen-bond donors (Lipinski definition) is 4. The molecule has 0 amide bonds. The van der Waals surface area contributed by atoms with Gasteiger partial charge >= 0.3 is 12.1 Å². The van der Waals surface area contributed by atoms with Crippen LogP contribution in [0, 0.1) is 0 Å². The van der Waals surface area contributed by atoms with Crippen molar-refractivity contribution in [1.29, 1.82) is 0 Å². The molecule has 0 fully saturated rings. The molecule has 3 aromatic carbocycles. The summed E-state index contributed by atoms with van der Waals surface area (Å²) in [5.74, 6) is -0.111. The molecule has 0 bridgehead atoms. The van der Waals surface area contributed by atoms with Crippen LogP contribution < -0.4 is 15.0 Å². The summed E-state index contributed by atoms with van der Waals surface area (Å²) in [5, 5.41) is 42.1. The van der Waals surface area contributed by atoms with Crippen LogP contribution in [0.1, 0.15) is 64.9 Å². The second-order valence-corrected chi connectivity index (χ2v) is 17.6. The number of pyridine rings is 2. The third-order valence-corrected chi connectivity index (χ3v) is 13.2. The van der Waals surface area contributed by atoms with Gasteiger partial charge in [-0.05, 0) is 66.8 Å². The van der Waals surface area contributed by atoms with Crippen molar-refractivity contribution in [2.75, 3.05) is 51.1 Å². The number of Topliss-reactive ketones (excluding diaryl/α,β-unsaturated/α-hetero) is 1. The Morgan fingerprint density at radius 3 is 2.27 bits per heavy atom. The molecule has 2 aliphatic heterocycles. The minimum atomic E-state index is -1.91. The van der Waals surface area contributed by atoms with Crippen molar-refractivity contribution < 1.29 is 63.2 Å². The van der Waals surface area contributed by atoms with Gasteiger partial charge in [0, 0.05) is 46.6 Å². The van der Waals surface area contributed by atoms with Crippen LogP contribution in [0.5, 0.6) is 28.7 Å². The molecule has 0 saturated heterocycles. The lowest BCUT2D eigenvalue weighted by Crippen LogP contribution is -2.44. The average Bonchev–Trinajstić information content (AvgIpc) is 3.65. The maximum absolute atomic E-state index is 13.6. The zero-order valence-corrected chi connectivity index (χ0v) is 36.9. The first kappa shape index (κ1) is 46.2. The highest BCUT2D eigenvalue weighted by atomic mass is 33.1. The second kappa shape index (κ2) is 20.8. The molecule has 7 rings (SSSR count). The van der Waals surface area contributed by atoms with Gasteiger partial charge in [0.2, 0.25) is 0 Å². The Morgan fingerprint density at radius 2 is 1.55 bits per heavy atom. The van der Waals surface area contributed by atoms with Crippen molar-refractivity contribution in [2.24, 2.45) is 0 Å². The summed E-state index contributed by atoms with van der Waals surface area (Å²) in [6.07, 6.45) is 0.272. The van der Waals surface area contributed by atoms with Crippen LogP contribution in [0.4, 0.5) is 4.79 Å². The number of nitrogens with zero attached hydrogens (tertiary/aromatic N) is 2. The van der Waals surface area contributed by atoms with Crippen LogP contribution in [-0.4, -0.2) is 99.0 Å². The first-order valence-corrected chi connectivity index (χ1v) is 23.3. The Kier molecular flexibility index (Phi) is 15.0. The topological polar surface area (TPSA) is 222 Å². The van der Waals surface area contributed by atoms with E-state index < -0.39 is 23.5 Å². The number of aromatic hydroxyl groups is 3. The molecule has 64 heavy (non-hydrogen) atoms. The largest absolute Gasteiger partial charge is 0.513 e. The van der Waals surface area contributed by atoms with Crippen molar-refractivity contribution in [1.82, 2.24) is 9.55 Å². The van der Waals surface area contributed by atoms with Gasteiger partial charge in [-0.2, -0.15) is 0 Å². The van der Waals surface area contributed by atoms with Gasteiger partial charge in [-0.3, -0.25) is 9.59 Å². The highest BCUT2D eigenvalue weighted by molar-refractivity contribution is 8.76. The van der Waals surface area contributed by atoms with Gasteiger partial charge in [-0.25, -0.2) is 14.6 Å². The Balaban J connectivity index is 0.765. The molecule has 2 aromatic heterocycles. The van der Waals surface area contributed by atoms with E-state index in [1.807, 2.05) is 6.92 Å². The number of rotatable bonds is 21. The number of esters is 1. The minimum Gasteiger partial charge on any atom is -0.508 e. The number of carbonyl (C=O) groups excluding carboxylic acids is 3. The number of phenols is 3. The average molecular weight is 917 g/mol. The number of aliphatic hydroxyl groups is 1. The lowest BCUT2D eigenvalue weighted by atomic mass is 9.86. The van der Waals surface area contributed by atoms with Crippen LogP contribution in [-0.2, 0) is 55.3 Å². The molecule has 18 heteroatoms. The van der Waals surface area contributed by atoms with E-state index in [0.717, 1.165) is 22.1 Å². The lowest BCUT2D eigenvalue weighted by Gasteiger charge is -2.31. The van der Waals surface area contributed by atoms with E-state index >= 15 is 0 Å². The molecule has 338 valence electrons. The number of cyclic esters (lactones) is 1. The fraction of sp³-hybridized carbons (Fsp3) is 0.370. The third kappa shape index (κ3) is 10.3. The van der Waals surface area contributed by atoms with Crippen molar-refractivity contribution >= 4 is 50.4 Å². The smallest absolute Gasteiger partial charge is 0.508 e. The van der Waals surface area contributed by atoms with E-state index in [9.17, 15) is 39.6 Å². The zero-order valence-electron chi connectivity index (χ0n) is 35.3. The normalized spacial score (nSPS) is 15.0. The number of hydrogen-bond acceptors (Lipinski definition) is 17. The zero-order chi connectivity index (χ0) is 45.4. The van der Waals surface area contributed by atoms with Crippen LogP contribution in [0.25, 0.3) is 22.3 Å². The molecule has 0 saturated carbocycles. The Hall–Kier alpha value is -5.79. The molecule has 5 aromatic rings. The summed E-state index contributed by atoms with van der Waals surface area (Å²) in [4.78, 5) is 56.2. The van der Waals surface area contributed by atoms with Gasteiger partial charge in [-0.15, -0.1) is 0 Å². The predicted molar refractivity (Wildman–Crippen MR) is 238 cm³/mol. The summed E-state index contributed by atoms with van der Waals surface area (Å²) in [6, 6.07) is 15.8. The van der Waals surface area contributed by atoms with E-state index in [0.29, 0.717) is 61.1 Å². The number of aryl methyl sites for hydroxylation is 2. The number of benzene rings is 3. The van der Waals surface area contributed by atoms with E-state index in [4.69, 9.17) is 33.4 Å². The van der Waals surface area contributed by atoms with E-state index in [2.05, 4.69) is 0 Å². The second-order valence-electron chi connectivity index (χ2n) is 14.9. The first-order valence-electron chi connectivity index (χ1n) is 20.8. The Bertz CT molecular complexity index is 2580. The molecule has 0 unspecified atom stereocenters.